The summed E-state index contributed by atoms with van der Waals surface area (Å²) >= 11 is 7.73. The van der Waals surface area contributed by atoms with Crippen LogP contribution in [-0.4, -0.2) is 12.4 Å². The lowest BCUT2D eigenvalue weighted by Crippen LogP contribution is -1.99. The van der Waals surface area contributed by atoms with E-state index in [9.17, 15) is 0 Å². The van der Waals surface area contributed by atoms with Crippen LogP contribution in [0.3, 0.4) is 0 Å². The lowest BCUT2D eigenvalue weighted by Gasteiger charge is -2.06. The van der Waals surface area contributed by atoms with Gasteiger partial charge in [-0.2, -0.15) is 5.26 Å². The van der Waals surface area contributed by atoms with Crippen LogP contribution in [0.4, 0.5) is 0 Å². The van der Waals surface area contributed by atoms with Gasteiger partial charge >= 0.3 is 0 Å². The molecular weight excluding hydrogens is 278 g/mol. The van der Waals surface area contributed by atoms with Crippen molar-refractivity contribution >= 4 is 23.4 Å². The topological polar surface area (TPSA) is 33.0 Å². The van der Waals surface area contributed by atoms with Gasteiger partial charge in [-0.1, -0.05) is 23.7 Å². The lowest BCUT2D eigenvalue weighted by atomic mass is 10.2. The summed E-state index contributed by atoms with van der Waals surface area (Å²) in [6.07, 6.45) is 0. The zero-order valence-electron chi connectivity index (χ0n) is 10.2. The van der Waals surface area contributed by atoms with Gasteiger partial charge in [0.15, 0.2) is 0 Å². The third-order valence-corrected chi connectivity index (χ3v) is 3.91. The number of nitriles is 1. The molecule has 0 N–H and O–H groups in total. The van der Waals surface area contributed by atoms with Crippen molar-refractivity contribution in [2.24, 2.45) is 0 Å². The summed E-state index contributed by atoms with van der Waals surface area (Å²) < 4.78 is 5.59. The van der Waals surface area contributed by atoms with Crippen LogP contribution >= 0.6 is 23.4 Å². The highest BCUT2D eigenvalue weighted by Crippen LogP contribution is 2.26. The van der Waals surface area contributed by atoms with Gasteiger partial charge in [0.05, 0.1) is 23.3 Å². The molecule has 0 bridgehead atoms. The Morgan fingerprint density at radius 2 is 1.84 bits per heavy atom. The molecule has 0 spiro atoms. The highest BCUT2D eigenvalue weighted by atomic mass is 35.5. The minimum Gasteiger partial charge on any atom is -0.493 e. The summed E-state index contributed by atoms with van der Waals surface area (Å²) in [5.74, 6) is 1.60. The predicted molar refractivity (Wildman–Crippen MR) is 78.8 cm³/mol. The molecule has 2 nitrogen and oxygen atoms in total. The maximum atomic E-state index is 8.69. The van der Waals surface area contributed by atoms with Crippen LogP contribution < -0.4 is 4.74 Å². The van der Waals surface area contributed by atoms with Crippen LogP contribution in [0, 0.1) is 11.3 Å². The van der Waals surface area contributed by atoms with Crippen LogP contribution in [0.25, 0.3) is 0 Å². The summed E-state index contributed by atoms with van der Waals surface area (Å²) in [4.78, 5) is 1.06. The Hall–Kier alpha value is -1.63. The van der Waals surface area contributed by atoms with Crippen LogP contribution in [-0.2, 0) is 0 Å². The van der Waals surface area contributed by atoms with E-state index in [-0.39, 0.29) is 0 Å². The Balaban J connectivity index is 1.78. The number of halogens is 1. The van der Waals surface area contributed by atoms with Crippen LogP contribution in [0.2, 0.25) is 5.02 Å². The molecular formula is C15H12ClNOS. The highest BCUT2D eigenvalue weighted by Gasteiger charge is 2.00. The quantitative estimate of drug-likeness (QED) is 0.605. The standard InChI is InChI=1S/C15H12ClNOS/c16-14-3-1-2-4-15(14)19-10-9-18-13-7-5-12(11-17)6-8-13/h1-8H,9-10H2. The summed E-state index contributed by atoms with van der Waals surface area (Å²) in [6.45, 7) is 0.599. The minimum absolute atomic E-state index is 0.599. The first kappa shape index (κ1) is 13.8. The van der Waals surface area contributed by atoms with E-state index in [1.54, 1.807) is 36.0 Å². The van der Waals surface area contributed by atoms with Gasteiger partial charge in [-0.25, -0.2) is 0 Å². The smallest absolute Gasteiger partial charge is 0.119 e. The van der Waals surface area contributed by atoms with Crippen molar-refractivity contribution in [2.75, 3.05) is 12.4 Å². The van der Waals surface area contributed by atoms with Gasteiger partial charge in [-0.3, -0.25) is 0 Å². The average Bonchev–Trinajstić information content (AvgIpc) is 2.46. The Kier molecular flexibility index (Phi) is 5.14. The van der Waals surface area contributed by atoms with Gasteiger partial charge in [0.1, 0.15) is 5.75 Å². The van der Waals surface area contributed by atoms with Crippen molar-refractivity contribution in [2.45, 2.75) is 4.90 Å². The fraction of sp³-hybridized carbons (Fsp3) is 0.133. The molecule has 0 radical (unpaired) electrons. The summed E-state index contributed by atoms with van der Waals surface area (Å²) in [5.41, 5.74) is 0.637. The van der Waals surface area contributed by atoms with E-state index in [0.717, 1.165) is 21.4 Å². The van der Waals surface area contributed by atoms with Gasteiger partial charge in [-0.15, -0.1) is 11.8 Å². The molecule has 2 aromatic rings. The molecule has 0 fully saturated rings. The second kappa shape index (κ2) is 7.08. The zero-order valence-corrected chi connectivity index (χ0v) is 11.7. The van der Waals surface area contributed by atoms with Crippen molar-refractivity contribution in [1.82, 2.24) is 0 Å². The number of benzene rings is 2. The minimum atomic E-state index is 0.599. The van der Waals surface area contributed by atoms with Crippen LogP contribution in [0.5, 0.6) is 5.75 Å². The van der Waals surface area contributed by atoms with E-state index < -0.39 is 0 Å². The summed E-state index contributed by atoms with van der Waals surface area (Å²) in [7, 11) is 0. The lowest BCUT2D eigenvalue weighted by molar-refractivity contribution is 0.344. The Morgan fingerprint density at radius 3 is 2.53 bits per heavy atom. The van der Waals surface area contributed by atoms with Gasteiger partial charge in [-0.05, 0) is 36.4 Å². The molecule has 0 saturated heterocycles. The fourth-order valence-electron chi connectivity index (χ4n) is 1.50. The molecule has 4 heteroatoms. The largest absolute Gasteiger partial charge is 0.493 e. The number of hydrogen-bond donors (Lipinski definition) is 0. The molecule has 0 aromatic heterocycles. The Morgan fingerprint density at radius 1 is 1.11 bits per heavy atom. The molecule has 0 atom stereocenters. The van der Waals surface area contributed by atoms with Crippen LogP contribution in [0.15, 0.2) is 53.4 Å². The first-order chi connectivity index (χ1) is 9.29. The van der Waals surface area contributed by atoms with Crippen molar-refractivity contribution < 1.29 is 4.74 Å². The molecule has 0 saturated carbocycles. The van der Waals surface area contributed by atoms with Gasteiger partial charge in [0, 0.05) is 10.6 Å². The Bertz CT molecular complexity index is 577. The normalized spacial score (nSPS) is 9.89. The van der Waals surface area contributed by atoms with Crippen molar-refractivity contribution in [3.8, 4) is 11.8 Å². The summed E-state index contributed by atoms with van der Waals surface area (Å²) in [5, 5.41) is 9.46. The first-order valence-corrected chi connectivity index (χ1v) is 7.16. The summed E-state index contributed by atoms with van der Waals surface area (Å²) in [6, 6.07) is 16.9. The third kappa shape index (κ3) is 4.20. The van der Waals surface area contributed by atoms with Gasteiger partial charge < -0.3 is 4.74 Å². The Labute approximate surface area is 122 Å². The maximum absolute atomic E-state index is 8.69. The third-order valence-electron chi connectivity index (χ3n) is 2.43. The molecule has 0 unspecified atom stereocenters. The molecule has 2 rings (SSSR count). The molecule has 0 aliphatic carbocycles. The number of thioether (sulfide) groups is 1. The first-order valence-electron chi connectivity index (χ1n) is 5.80. The predicted octanol–water partition coefficient (Wildman–Crippen LogP) is 4.38. The molecule has 96 valence electrons. The molecule has 0 aliphatic rings. The molecule has 19 heavy (non-hydrogen) atoms. The maximum Gasteiger partial charge on any atom is 0.119 e. The molecule has 0 amide bonds. The zero-order chi connectivity index (χ0) is 13.5. The van der Waals surface area contributed by atoms with E-state index in [1.807, 2.05) is 24.3 Å². The van der Waals surface area contributed by atoms with E-state index in [4.69, 9.17) is 21.6 Å². The van der Waals surface area contributed by atoms with Crippen molar-refractivity contribution in [1.29, 1.82) is 5.26 Å². The second-order valence-electron chi connectivity index (χ2n) is 3.76. The SMILES string of the molecule is N#Cc1ccc(OCCSc2ccccc2Cl)cc1. The number of rotatable bonds is 5. The fourth-order valence-corrected chi connectivity index (χ4v) is 2.57. The number of hydrogen-bond acceptors (Lipinski definition) is 3. The van der Waals surface area contributed by atoms with Gasteiger partial charge in [0.25, 0.3) is 0 Å². The van der Waals surface area contributed by atoms with E-state index in [2.05, 4.69) is 6.07 Å². The monoisotopic (exact) mass is 289 g/mol. The van der Waals surface area contributed by atoms with E-state index in [0.29, 0.717) is 12.2 Å². The van der Waals surface area contributed by atoms with Crippen LogP contribution in [0.1, 0.15) is 5.56 Å². The highest BCUT2D eigenvalue weighted by molar-refractivity contribution is 7.99. The van der Waals surface area contributed by atoms with Crippen molar-refractivity contribution in [3.63, 3.8) is 0 Å². The molecule has 2 aromatic carbocycles. The average molecular weight is 290 g/mol. The second-order valence-corrected chi connectivity index (χ2v) is 5.31. The van der Waals surface area contributed by atoms with Gasteiger partial charge in [0.2, 0.25) is 0 Å². The van der Waals surface area contributed by atoms with Crippen molar-refractivity contribution in [3.05, 3.63) is 59.1 Å². The number of nitrogens with zero attached hydrogens (tertiary/aromatic N) is 1. The molecule has 0 aliphatic heterocycles. The van der Waals surface area contributed by atoms with E-state index in [1.165, 1.54) is 0 Å². The molecule has 0 heterocycles. The van der Waals surface area contributed by atoms with E-state index >= 15 is 0 Å². The number of ether oxygens (including phenoxy) is 1.